The summed E-state index contributed by atoms with van der Waals surface area (Å²) < 4.78 is 15.0. The number of hydrogen-bond donors (Lipinski definition) is 0. The van der Waals surface area contributed by atoms with Crippen LogP contribution in [0.2, 0.25) is 0 Å². The number of benzene rings is 2. The van der Waals surface area contributed by atoms with Crippen molar-refractivity contribution in [3.63, 3.8) is 0 Å². The van der Waals surface area contributed by atoms with Crippen LogP contribution in [0.1, 0.15) is 11.1 Å². The summed E-state index contributed by atoms with van der Waals surface area (Å²) in [5, 5.41) is 9.00. The molecular formula is C18H14FN3. The summed E-state index contributed by atoms with van der Waals surface area (Å²) in [6.45, 7) is 0.748. The van der Waals surface area contributed by atoms with Crippen LogP contribution in [-0.2, 0) is 13.0 Å². The van der Waals surface area contributed by atoms with Crippen LogP contribution in [-0.4, -0.2) is 9.55 Å². The second-order valence-electron chi connectivity index (χ2n) is 5.01. The van der Waals surface area contributed by atoms with Gasteiger partial charge in [0.25, 0.3) is 0 Å². The highest BCUT2D eigenvalue weighted by Gasteiger charge is 2.07. The standard InChI is InChI=1S/C18H14FN3/c19-17-6-4-14(5-7-17)8-10-22-11-9-21-18(22)16-3-1-2-15(12-16)13-20/h1-7,9,11-12H,8,10H2. The molecule has 0 aliphatic rings. The maximum absolute atomic E-state index is 12.9. The van der Waals surface area contributed by atoms with Crippen LogP contribution in [0.3, 0.4) is 0 Å². The Hall–Kier alpha value is -2.93. The summed E-state index contributed by atoms with van der Waals surface area (Å²) in [7, 11) is 0. The van der Waals surface area contributed by atoms with E-state index in [0.29, 0.717) is 5.56 Å². The average molecular weight is 291 g/mol. The van der Waals surface area contributed by atoms with Crippen LogP contribution in [0.15, 0.2) is 60.9 Å². The molecule has 0 N–H and O–H groups in total. The van der Waals surface area contributed by atoms with E-state index in [2.05, 4.69) is 11.1 Å². The van der Waals surface area contributed by atoms with Gasteiger partial charge >= 0.3 is 0 Å². The lowest BCUT2D eigenvalue weighted by molar-refractivity contribution is 0.625. The molecule has 0 spiro atoms. The van der Waals surface area contributed by atoms with Gasteiger partial charge in [0.2, 0.25) is 0 Å². The third-order valence-corrected chi connectivity index (χ3v) is 3.52. The molecule has 0 fully saturated rings. The van der Waals surface area contributed by atoms with E-state index in [1.165, 1.54) is 12.1 Å². The van der Waals surface area contributed by atoms with Gasteiger partial charge in [-0.3, -0.25) is 0 Å². The van der Waals surface area contributed by atoms with Gasteiger partial charge in [-0.05, 0) is 36.2 Å². The molecule has 3 nitrogen and oxygen atoms in total. The molecular weight excluding hydrogens is 277 g/mol. The van der Waals surface area contributed by atoms with Gasteiger partial charge in [0.15, 0.2) is 0 Å². The molecule has 0 bridgehead atoms. The van der Waals surface area contributed by atoms with Crippen molar-refractivity contribution in [1.82, 2.24) is 9.55 Å². The number of imidazole rings is 1. The van der Waals surface area contributed by atoms with Crippen molar-refractivity contribution in [3.05, 3.63) is 77.9 Å². The van der Waals surface area contributed by atoms with Gasteiger partial charge in [0.1, 0.15) is 11.6 Å². The summed E-state index contributed by atoms with van der Waals surface area (Å²) in [6.07, 6.45) is 4.46. The van der Waals surface area contributed by atoms with E-state index in [1.807, 2.05) is 29.0 Å². The van der Waals surface area contributed by atoms with Crippen molar-refractivity contribution in [2.24, 2.45) is 0 Å². The first-order valence-corrected chi connectivity index (χ1v) is 7.02. The van der Waals surface area contributed by atoms with E-state index >= 15 is 0 Å². The molecule has 0 atom stereocenters. The van der Waals surface area contributed by atoms with Crippen molar-refractivity contribution in [2.75, 3.05) is 0 Å². The zero-order valence-corrected chi connectivity index (χ0v) is 11.9. The molecule has 0 saturated carbocycles. The zero-order valence-electron chi connectivity index (χ0n) is 11.9. The minimum atomic E-state index is -0.222. The summed E-state index contributed by atoms with van der Waals surface area (Å²) in [4.78, 5) is 4.38. The highest BCUT2D eigenvalue weighted by atomic mass is 19.1. The first-order chi connectivity index (χ1) is 10.8. The first-order valence-electron chi connectivity index (χ1n) is 7.02. The fourth-order valence-corrected chi connectivity index (χ4v) is 2.38. The maximum atomic E-state index is 12.9. The van der Waals surface area contributed by atoms with Crippen molar-refractivity contribution < 1.29 is 4.39 Å². The number of nitrogens with zero attached hydrogens (tertiary/aromatic N) is 3. The van der Waals surface area contributed by atoms with E-state index in [1.54, 1.807) is 24.4 Å². The predicted octanol–water partition coefficient (Wildman–Crippen LogP) is 3.80. The lowest BCUT2D eigenvalue weighted by Crippen LogP contribution is -2.02. The summed E-state index contributed by atoms with van der Waals surface area (Å²) in [5.41, 5.74) is 2.61. The van der Waals surface area contributed by atoms with Crippen molar-refractivity contribution in [2.45, 2.75) is 13.0 Å². The lowest BCUT2D eigenvalue weighted by atomic mass is 10.1. The van der Waals surface area contributed by atoms with Gasteiger partial charge in [-0.25, -0.2) is 9.37 Å². The predicted molar refractivity (Wildman–Crippen MR) is 82.5 cm³/mol. The second-order valence-corrected chi connectivity index (χ2v) is 5.01. The van der Waals surface area contributed by atoms with E-state index in [4.69, 9.17) is 5.26 Å². The van der Waals surface area contributed by atoms with E-state index in [-0.39, 0.29) is 5.82 Å². The molecule has 0 unspecified atom stereocenters. The van der Waals surface area contributed by atoms with Crippen molar-refractivity contribution in [1.29, 1.82) is 5.26 Å². The number of aromatic nitrogens is 2. The molecule has 1 heterocycles. The van der Waals surface area contributed by atoms with Crippen LogP contribution in [0, 0.1) is 17.1 Å². The zero-order chi connectivity index (χ0) is 15.4. The smallest absolute Gasteiger partial charge is 0.139 e. The average Bonchev–Trinajstić information content (AvgIpc) is 3.03. The fraction of sp³-hybridized carbons (Fsp3) is 0.111. The van der Waals surface area contributed by atoms with Crippen molar-refractivity contribution >= 4 is 0 Å². The normalized spacial score (nSPS) is 10.4. The molecule has 1 aromatic heterocycles. The number of nitriles is 1. The Kier molecular flexibility index (Phi) is 3.97. The van der Waals surface area contributed by atoms with Gasteiger partial charge in [-0.1, -0.05) is 24.3 Å². The maximum Gasteiger partial charge on any atom is 0.139 e. The van der Waals surface area contributed by atoms with E-state index < -0.39 is 0 Å². The highest BCUT2D eigenvalue weighted by molar-refractivity contribution is 5.58. The molecule has 0 aliphatic heterocycles. The molecule has 0 aliphatic carbocycles. The Morgan fingerprint density at radius 1 is 1.14 bits per heavy atom. The van der Waals surface area contributed by atoms with Crippen LogP contribution < -0.4 is 0 Å². The quantitative estimate of drug-likeness (QED) is 0.733. The van der Waals surface area contributed by atoms with E-state index in [9.17, 15) is 4.39 Å². The number of halogens is 1. The Morgan fingerprint density at radius 3 is 2.73 bits per heavy atom. The SMILES string of the molecule is N#Cc1cccc(-c2nccn2CCc2ccc(F)cc2)c1. The molecule has 22 heavy (non-hydrogen) atoms. The van der Waals surface area contributed by atoms with Gasteiger partial charge < -0.3 is 4.57 Å². The van der Waals surface area contributed by atoms with E-state index in [0.717, 1.165) is 29.9 Å². The minimum absolute atomic E-state index is 0.222. The first kappa shape index (κ1) is 14.0. The molecule has 2 aromatic carbocycles. The number of hydrogen-bond acceptors (Lipinski definition) is 2. The van der Waals surface area contributed by atoms with Gasteiger partial charge in [0.05, 0.1) is 11.6 Å². The number of rotatable bonds is 4. The monoisotopic (exact) mass is 291 g/mol. The minimum Gasteiger partial charge on any atom is -0.331 e. The largest absolute Gasteiger partial charge is 0.331 e. The Bertz CT molecular complexity index is 813. The van der Waals surface area contributed by atoms with Crippen LogP contribution in [0.25, 0.3) is 11.4 Å². The van der Waals surface area contributed by atoms with Gasteiger partial charge in [0, 0.05) is 24.5 Å². The molecule has 3 rings (SSSR count). The van der Waals surface area contributed by atoms with Gasteiger partial charge in [-0.15, -0.1) is 0 Å². The Labute approximate surface area is 128 Å². The molecule has 108 valence electrons. The fourth-order valence-electron chi connectivity index (χ4n) is 2.38. The summed E-state index contributed by atoms with van der Waals surface area (Å²) >= 11 is 0. The summed E-state index contributed by atoms with van der Waals surface area (Å²) in [5.74, 6) is 0.611. The lowest BCUT2D eigenvalue weighted by Gasteiger charge is -2.08. The van der Waals surface area contributed by atoms with Crippen LogP contribution in [0.5, 0.6) is 0 Å². The highest BCUT2D eigenvalue weighted by Crippen LogP contribution is 2.19. The molecule has 3 aromatic rings. The third kappa shape index (κ3) is 3.04. The Morgan fingerprint density at radius 2 is 1.95 bits per heavy atom. The third-order valence-electron chi connectivity index (χ3n) is 3.52. The molecule has 0 amide bonds. The Balaban J connectivity index is 1.80. The van der Waals surface area contributed by atoms with Crippen LogP contribution in [0.4, 0.5) is 4.39 Å². The topological polar surface area (TPSA) is 41.6 Å². The van der Waals surface area contributed by atoms with Crippen molar-refractivity contribution in [3.8, 4) is 17.5 Å². The molecule has 4 heteroatoms. The van der Waals surface area contributed by atoms with Crippen LogP contribution >= 0.6 is 0 Å². The van der Waals surface area contributed by atoms with Gasteiger partial charge in [-0.2, -0.15) is 5.26 Å². The summed E-state index contributed by atoms with van der Waals surface area (Å²) in [6, 6.07) is 16.1. The number of aryl methyl sites for hydroxylation is 2. The molecule has 0 radical (unpaired) electrons. The molecule has 0 saturated heterocycles. The second kappa shape index (κ2) is 6.23.